The number of rotatable bonds is 7. The highest BCUT2D eigenvalue weighted by Crippen LogP contribution is 2.22. The summed E-state index contributed by atoms with van der Waals surface area (Å²) in [6.45, 7) is 2.27. The van der Waals surface area contributed by atoms with Crippen LogP contribution in [-0.2, 0) is 16.4 Å². The predicted octanol–water partition coefficient (Wildman–Crippen LogP) is 3.96. The molecular weight excluding hydrogens is 386 g/mol. The van der Waals surface area contributed by atoms with E-state index in [1.807, 2.05) is 66.2 Å². The van der Waals surface area contributed by atoms with Crippen LogP contribution in [0.3, 0.4) is 0 Å². The number of hydrogen-bond acceptors (Lipinski definition) is 4. The monoisotopic (exact) mass is 407 g/mol. The van der Waals surface area contributed by atoms with Crippen molar-refractivity contribution in [2.45, 2.75) is 18.2 Å². The molecule has 0 aliphatic rings. The molecule has 0 bridgehead atoms. The number of nitrogens with zero attached hydrogens (tertiary/aromatic N) is 2. The first kappa shape index (κ1) is 19.2. The molecule has 0 spiro atoms. The van der Waals surface area contributed by atoms with Crippen LogP contribution in [0.4, 0.5) is 0 Å². The third kappa shape index (κ3) is 4.47. The van der Waals surface area contributed by atoms with Gasteiger partial charge in [-0.2, -0.15) is 0 Å². The van der Waals surface area contributed by atoms with E-state index in [0.29, 0.717) is 17.9 Å². The molecule has 0 atom stereocenters. The summed E-state index contributed by atoms with van der Waals surface area (Å²) in [5, 5.41) is 0. The van der Waals surface area contributed by atoms with Crippen molar-refractivity contribution in [3.8, 4) is 11.5 Å². The number of pyridine rings is 1. The Kier molecular flexibility index (Phi) is 5.33. The van der Waals surface area contributed by atoms with E-state index in [2.05, 4.69) is 9.71 Å². The quantitative estimate of drug-likeness (QED) is 0.503. The molecule has 0 aliphatic carbocycles. The molecule has 29 heavy (non-hydrogen) atoms. The second-order valence-electron chi connectivity index (χ2n) is 6.69. The van der Waals surface area contributed by atoms with E-state index in [1.165, 1.54) is 12.1 Å². The summed E-state index contributed by atoms with van der Waals surface area (Å²) < 4.78 is 35.4. The van der Waals surface area contributed by atoms with Gasteiger partial charge in [-0.15, -0.1) is 0 Å². The van der Waals surface area contributed by atoms with Gasteiger partial charge < -0.3 is 9.14 Å². The van der Waals surface area contributed by atoms with E-state index in [9.17, 15) is 8.42 Å². The van der Waals surface area contributed by atoms with Gasteiger partial charge in [0, 0.05) is 25.4 Å². The molecule has 2 aromatic carbocycles. The average molecular weight is 407 g/mol. The number of benzene rings is 2. The van der Waals surface area contributed by atoms with Crippen LogP contribution in [0, 0.1) is 6.92 Å². The average Bonchev–Trinajstić information content (AvgIpc) is 3.13. The van der Waals surface area contributed by atoms with E-state index in [4.69, 9.17) is 4.74 Å². The number of imidazole rings is 1. The fourth-order valence-corrected chi connectivity index (χ4v) is 4.06. The maximum absolute atomic E-state index is 12.5. The number of aryl methyl sites for hydroxylation is 1. The van der Waals surface area contributed by atoms with Crippen molar-refractivity contribution in [3.63, 3.8) is 0 Å². The molecule has 0 radical (unpaired) electrons. The van der Waals surface area contributed by atoms with Gasteiger partial charge in [0.15, 0.2) is 0 Å². The Morgan fingerprint density at radius 2 is 1.69 bits per heavy atom. The molecule has 2 heterocycles. The number of nitrogens with one attached hydrogen (secondary N) is 1. The number of sulfonamides is 1. The van der Waals surface area contributed by atoms with Crippen LogP contribution >= 0.6 is 0 Å². The molecule has 7 heteroatoms. The van der Waals surface area contributed by atoms with Crippen molar-refractivity contribution in [1.29, 1.82) is 0 Å². The summed E-state index contributed by atoms with van der Waals surface area (Å²) in [5.41, 5.74) is 2.81. The Hall–Kier alpha value is -3.16. The van der Waals surface area contributed by atoms with Gasteiger partial charge in [0.25, 0.3) is 0 Å². The first-order valence-corrected chi connectivity index (χ1v) is 10.8. The number of ether oxygens (including phenoxy) is 1. The maximum atomic E-state index is 12.5. The van der Waals surface area contributed by atoms with Crippen LogP contribution in [0.2, 0.25) is 0 Å². The summed E-state index contributed by atoms with van der Waals surface area (Å²) in [6, 6.07) is 19.7. The molecule has 0 saturated carbocycles. The Balaban J connectivity index is 1.38. The lowest BCUT2D eigenvalue weighted by Crippen LogP contribution is -2.26. The number of para-hydroxylation sites is 1. The van der Waals surface area contributed by atoms with Crippen molar-refractivity contribution in [2.75, 3.05) is 6.54 Å². The van der Waals surface area contributed by atoms with E-state index < -0.39 is 10.0 Å². The van der Waals surface area contributed by atoms with E-state index in [-0.39, 0.29) is 11.4 Å². The molecule has 0 unspecified atom stereocenters. The summed E-state index contributed by atoms with van der Waals surface area (Å²) in [4.78, 5) is 4.77. The Morgan fingerprint density at radius 1 is 0.966 bits per heavy atom. The minimum absolute atomic E-state index is 0.198. The number of aromatic nitrogens is 2. The van der Waals surface area contributed by atoms with Crippen molar-refractivity contribution in [1.82, 2.24) is 14.1 Å². The molecule has 4 aromatic rings. The fraction of sp³-hybridized carbons (Fsp3) is 0.136. The number of fused-ring (bicyclic) bond motifs is 1. The minimum Gasteiger partial charge on any atom is -0.457 e. The topological polar surface area (TPSA) is 72.7 Å². The highest BCUT2D eigenvalue weighted by molar-refractivity contribution is 7.89. The van der Waals surface area contributed by atoms with Gasteiger partial charge >= 0.3 is 0 Å². The molecule has 0 amide bonds. The molecular formula is C22H21N3O3S. The van der Waals surface area contributed by atoms with Crippen LogP contribution in [0.15, 0.2) is 84.0 Å². The zero-order valence-electron chi connectivity index (χ0n) is 15.9. The van der Waals surface area contributed by atoms with Gasteiger partial charge in [-0.05, 0) is 55.0 Å². The van der Waals surface area contributed by atoms with Crippen LogP contribution in [0.5, 0.6) is 11.5 Å². The van der Waals surface area contributed by atoms with Gasteiger partial charge in [0.1, 0.15) is 17.1 Å². The van der Waals surface area contributed by atoms with E-state index in [1.54, 1.807) is 12.1 Å². The van der Waals surface area contributed by atoms with Crippen LogP contribution in [0.25, 0.3) is 5.65 Å². The van der Waals surface area contributed by atoms with Crippen molar-refractivity contribution < 1.29 is 13.2 Å². The second-order valence-corrected chi connectivity index (χ2v) is 8.46. The highest BCUT2D eigenvalue weighted by atomic mass is 32.2. The van der Waals surface area contributed by atoms with E-state index >= 15 is 0 Å². The summed E-state index contributed by atoms with van der Waals surface area (Å²) in [6.07, 6.45) is 4.37. The molecule has 2 aromatic heterocycles. The maximum Gasteiger partial charge on any atom is 0.240 e. The standard InChI is InChI=1S/C22H21N3O3S/c1-17-6-5-15-25-16-18(24-22(17)25)13-14-23-29(26,27)21-11-9-20(10-12-21)28-19-7-3-2-4-8-19/h2-12,15-16,23H,13-14H2,1H3. The van der Waals surface area contributed by atoms with Gasteiger partial charge in [-0.1, -0.05) is 24.3 Å². The molecule has 1 N–H and O–H groups in total. The Morgan fingerprint density at radius 3 is 2.41 bits per heavy atom. The zero-order valence-corrected chi connectivity index (χ0v) is 16.8. The fourth-order valence-electron chi connectivity index (χ4n) is 3.03. The largest absolute Gasteiger partial charge is 0.457 e. The van der Waals surface area contributed by atoms with Crippen LogP contribution < -0.4 is 9.46 Å². The smallest absolute Gasteiger partial charge is 0.240 e. The van der Waals surface area contributed by atoms with Crippen molar-refractivity contribution in [2.24, 2.45) is 0 Å². The van der Waals surface area contributed by atoms with Gasteiger partial charge in [0.2, 0.25) is 10.0 Å². The molecule has 6 nitrogen and oxygen atoms in total. The molecule has 4 rings (SSSR count). The summed E-state index contributed by atoms with van der Waals surface area (Å²) in [5.74, 6) is 1.28. The lowest BCUT2D eigenvalue weighted by Gasteiger charge is -2.08. The third-order valence-corrected chi connectivity index (χ3v) is 5.99. The zero-order chi connectivity index (χ0) is 20.3. The van der Waals surface area contributed by atoms with Crippen LogP contribution in [-0.4, -0.2) is 24.3 Å². The Bertz CT molecular complexity index is 1220. The third-order valence-electron chi connectivity index (χ3n) is 4.51. The Labute approximate surface area is 169 Å². The first-order chi connectivity index (χ1) is 14.0. The number of hydrogen-bond donors (Lipinski definition) is 1. The van der Waals surface area contributed by atoms with E-state index in [0.717, 1.165) is 16.9 Å². The van der Waals surface area contributed by atoms with Crippen molar-refractivity contribution in [3.05, 3.63) is 90.4 Å². The van der Waals surface area contributed by atoms with Gasteiger partial charge in [0.05, 0.1) is 10.6 Å². The first-order valence-electron chi connectivity index (χ1n) is 9.27. The SMILES string of the molecule is Cc1cccn2cc(CCNS(=O)(=O)c3ccc(Oc4ccccc4)cc3)nc12. The lowest BCUT2D eigenvalue weighted by atomic mass is 10.3. The summed E-state index contributed by atoms with van der Waals surface area (Å²) in [7, 11) is -3.60. The molecule has 0 fully saturated rings. The van der Waals surface area contributed by atoms with Gasteiger partial charge in [-0.3, -0.25) is 0 Å². The van der Waals surface area contributed by atoms with Crippen LogP contribution in [0.1, 0.15) is 11.3 Å². The molecule has 0 saturated heterocycles. The molecule has 0 aliphatic heterocycles. The van der Waals surface area contributed by atoms with Gasteiger partial charge in [-0.25, -0.2) is 18.1 Å². The van der Waals surface area contributed by atoms with Crippen molar-refractivity contribution >= 4 is 15.7 Å². The lowest BCUT2D eigenvalue weighted by molar-refractivity contribution is 0.482. The second kappa shape index (κ2) is 8.06. The minimum atomic E-state index is -3.60. The molecule has 148 valence electrons. The highest BCUT2D eigenvalue weighted by Gasteiger charge is 2.14. The normalized spacial score (nSPS) is 11.6. The summed E-state index contributed by atoms with van der Waals surface area (Å²) >= 11 is 0. The predicted molar refractivity (Wildman–Crippen MR) is 112 cm³/mol.